The Balaban J connectivity index is 3.02. The van der Waals surface area contributed by atoms with Crippen LogP contribution in [0.4, 0.5) is 13.2 Å². The summed E-state index contributed by atoms with van der Waals surface area (Å²) in [5.74, 6) is -1.34. The van der Waals surface area contributed by atoms with Crippen molar-refractivity contribution in [2.24, 2.45) is 0 Å². The van der Waals surface area contributed by atoms with Crippen molar-refractivity contribution in [1.82, 2.24) is 0 Å². The lowest BCUT2D eigenvalue weighted by Gasteiger charge is -2.09. The van der Waals surface area contributed by atoms with Gasteiger partial charge >= 0.3 is 12.1 Å². The van der Waals surface area contributed by atoms with Gasteiger partial charge in [0.15, 0.2) is 0 Å². The molecule has 0 atom stereocenters. The summed E-state index contributed by atoms with van der Waals surface area (Å²) in [6.45, 7) is 0. The number of carbonyl (C=O) groups is 1. The number of benzene rings is 1. The van der Waals surface area contributed by atoms with Crippen LogP contribution in [-0.2, 0) is 11.0 Å². The number of rotatable bonds is 3. The van der Waals surface area contributed by atoms with E-state index in [4.69, 9.17) is 10.4 Å². The molecule has 1 N–H and O–H groups in total. The number of hydrogen-bond acceptors (Lipinski definition) is 3. The van der Waals surface area contributed by atoms with E-state index in [1.54, 1.807) is 0 Å². The summed E-state index contributed by atoms with van der Waals surface area (Å²) in [5, 5.41) is 17.0. The predicted octanol–water partition coefficient (Wildman–Crippen LogP) is 2.75. The molecule has 0 aromatic heterocycles. The van der Waals surface area contributed by atoms with Gasteiger partial charge in [-0.25, -0.2) is 0 Å². The Morgan fingerprint density at radius 3 is 2.59 bits per heavy atom. The molecule has 1 rings (SSSR count). The Kier molecular flexibility index (Phi) is 4.02. The topological polar surface area (TPSA) is 61.1 Å². The molecular formula is C10H6F3NO2S. The molecule has 0 saturated carbocycles. The SMILES string of the molecule is N#Cc1cc(SCC(=O)O)ccc1C(F)(F)F. The van der Waals surface area contributed by atoms with Crippen LogP contribution in [0.3, 0.4) is 0 Å². The summed E-state index contributed by atoms with van der Waals surface area (Å²) in [6, 6.07) is 4.42. The van der Waals surface area contributed by atoms with E-state index in [-0.39, 0.29) is 5.75 Å². The summed E-state index contributed by atoms with van der Waals surface area (Å²) in [4.78, 5) is 10.6. The Labute approximate surface area is 98.9 Å². The van der Waals surface area contributed by atoms with Crippen molar-refractivity contribution in [3.63, 3.8) is 0 Å². The maximum atomic E-state index is 12.4. The Morgan fingerprint density at radius 2 is 2.12 bits per heavy atom. The normalized spacial score (nSPS) is 10.9. The third-order valence-electron chi connectivity index (χ3n) is 1.78. The fourth-order valence-electron chi connectivity index (χ4n) is 1.10. The lowest BCUT2D eigenvalue weighted by Crippen LogP contribution is -2.07. The van der Waals surface area contributed by atoms with Crippen LogP contribution in [0, 0.1) is 11.3 Å². The van der Waals surface area contributed by atoms with E-state index in [2.05, 4.69) is 0 Å². The van der Waals surface area contributed by atoms with Gasteiger partial charge in [-0.1, -0.05) is 0 Å². The second kappa shape index (κ2) is 5.10. The summed E-state index contributed by atoms with van der Waals surface area (Å²) >= 11 is 0.859. The maximum Gasteiger partial charge on any atom is 0.417 e. The molecule has 7 heteroatoms. The number of carboxylic acids is 1. The van der Waals surface area contributed by atoms with Crippen molar-refractivity contribution < 1.29 is 23.1 Å². The van der Waals surface area contributed by atoms with Crippen molar-refractivity contribution >= 4 is 17.7 Å². The fraction of sp³-hybridized carbons (Fsp3) is 0.200. The average molecular weight is 261 g/mol. The summed E-state index contributed by atoms with van der Waals surface area (Å²) < 4.78 is 37.3. The van der Waals surface area contributed by atoms with E-state index in [0.717, 1.165) is 30.0 Å². The van der Waals surface area contributed by atoms with E-state index in [1.807, 2.05) is 0 Å². The first-order valence-corrected chi connectivity index (χ1v) is 5.29. The molecule has 0 amide bonds. The van der Waals surface area contributed by atoms with E-state index < -0.39 is 23.3 Å². The molecule has 0 aliphatic carbocycles. The standard InChI is InChI=1S/C10H6F3NO2S/c11-10(12,13)8-2-1-7(3-6(8)4-14)17-5-9(15)16/h1-3H,5H2,(H,15,16). The molecule has 0 heterocycles. The van der Waals surface area contributed by atoms with Gasteiger partial charge in [0.05, 0.1) is 22.9 Å². The molecule has 0 bridgehead atoms. The lowest BCUT2D eigenvalue weighted by atomic mass is 10.1. The third-order valence-corrected chi connectivity index (χ3v) is 2.76. The molecule has 0 fully saturated rings. The van der Waals surface area contributed by atoms with Gasteiger partial charge in [0.25, 0.3) is 0 Å². The first kappa shape index (κ1) is 13.4. The molecule has 1 aromatic carbocycles. The van der Waals surface area contributed by atoms with E-state index in [1.165, 1.54) is 6.07 Å². The van der Waals surface area contributed by atoms with Crippen molar-refractivity contribution in [1.29, 1.82) is 5.26 Å². The van der Waals surface area contributed by atoms with Crippen molar-refractivity contribution in [3.8, 4) is 6.07 Å². The minimum Gasteiger partial charge on any atom is -0.481 e. The number of aliphatic carboxylic acids is 1. The molecule has 90 valence electrons. The minimum atomic E-state index is -4.58. The minimum absolute atomic E-state index is 0.268. The second-order valence-corrected chi connectivity index (χ2v) is 4.05. The molecule has 0 radical (unpaired) electrons. The molecule has 0 aliphatic rings. The maximum absolute atomic E-state index is 12.4. The number of nitrogens with zero attached hydrogens (tertiary/aromatic N) is 1. The van der Waals surface area contributed by atoms with Crippen LogP contribution in [-0.4, -0.2) is 16.8 Å². The van der Waals surface area contributed by atoms with Crippen LogP contribution in [0.25, 0.3) is 0 Å². The highest BCUT2D eigenvalue weighted by atomic mass is 32.2. The molecule has 3 nitrogen and oxygen atoms in total. The Morgan fingerprint density at radius 1 is 1.47 bits per heavy atom. The van der Waals surface area contributed by atoms with E-state index in [0.29, 0.717) is 4.90 Å². The molecule has 0 spiro atoms. The number of carboxylic acid groups (broad SMARTS) is 1. The molecule has 17 heavy (non-hydrogen) atoms. The van der Waals surface area contributed by atoms with Gasteiger partial charge in [-0.2, -0.15) is 18.4 Å². The van der Waals surface area contributed by atoms with Gasteiger partial charge in [0.1, 0.15) is 0 Å². The highest BCUT2D eigenvalue weighted by molar-refractivity contribution is 8.00. The molecule has 1 aromatic rings. The second-order valence-electron chi connectivity index (χ2n) is 3.00. The van der Waals surface area contributed by atoms with Gasteiger partial charge in [0.2, 0.25) is 0 Å². The fourth-order valence-corrected chi connectivity index (χ4v) is 1.75. The first-order valence-electron chi connectivity index (χ1n) is 4.30. The van der Waals surface area contributed by atoms with Crippen molar-refractivity contribution in [3.05, 3.63) is 29.3 Å². The number of nitriles is 1. The Bertz CT molecular complexity index is 479. The zero-order valence-electron chi connectivity index (χ0n) is 8.28. The lowest BCUT2D eigenvalue weighted by molar-refractivity contribution is -0.138. The van der Waals surface area contributed by atoms with Crippen LogP contribution < -0.4 is 0 Å². The number of halogens is 3. The van der Waals surface area contributed by atoms with Gasteiger partial charge in [-0.15, -0.1) is 11.8 Å². The largest absolute Gasteiger partial charge is 0.481 e. The average Bonchev–Trinajstić information content (AvgIpc) is 2.24. The zero-order valence-corrected chi connectivity index (χ0v) is 9.10. The van der Waals surface area contributed by atoms with Crippen LogP contribution in [0.5, 0.6) is 0 Å². The van der Waals surface area contributed by atoms with E-state index in [9.17, 15) is 18.0 Å². The number of hydrogen-bond donors (Lipinski definition) is 1. The summed E-state index contributed by atoms with van der Waals surface area (Å²) in [7, 11) is 0. The highest BCUT2D eigenvalue weighted by Crippen LogP contribution is 2.33. The molecular weight excluding hydrogens is 255 g/mol. The van der Waals surface area contributed by atoms with Crippen molar-refractivity contribution in [2.75, 3.05) is 5.75 Å². The van der Waals surface area contributed by atoms with E-state index >= 15 is 0 Å². The smallest absolute Gasteiger partial charge is 0.417 e. The summed E-state index contributed by atoms with van der Waals surface area (Å²) in [6.07, 6.45) is -4.58. The quantitative estimate of drug-likeness (QED) is 0.850. The highest BCUT2D eigenvalue weighted by Gasteiger charge is 2.33. The molecule has 0 aliphatic heterocycles. The van der Waals surface area contributed by atoms with Crippen LogP contribution in [0.2, 0.25) is 0 Å². The van der Waals surface area contributed by atoms with Gasteiger partial charge in [0, 0.05) is 4.90 Å². The first-order chi connectivity index (χ1) is 7.84. The van der Waals surface area contributed by atoms with Gasteiger partial charge < -0.3 is 5.11 Å². The molecule has 0 saturated heterocycles. The van der Waals surface area contributed by atoms with Gasteiger partial charge in [-0.3, -0.25) is 4.79 Å². The Hall–Kier alpha value is -1.68. The number of alkyl halides is 3. The molecule has 0 unspecified atom stereocenters. The van der Waals surface area contributed by atoms with Gasteiger partial charge in [-0.05, 0) is 18.2 Å². The third kappa shape index (κ3) is 3.67. The zero-order chi connectivity index (χ0) is 13.1. The predicted molar refractivity (Wildman–Crippen MR) is 54.5 cm³/mol. The monoisotopic (exact) mass is 261 g/mol. The number of thioether (sulfide) groups is 1. The van der Waals surface area contributed by atoms with Crippen molar-refractivity contribution in [2.45, 2.75) is 11.1 Å². The summed E-state index contributed by atoms with van der Waals surface area (Å²) in [5.41, 5.74) is -1.52. The van der Waals surface area contributed by atoms with Crippen LogP contribution >= 0.6 is 11.8 Å². The van der Waals surface area contributed by atoms with Crippen LogP contribution in [0.15, 0.2) is 23.1 Å². The van der Waals surface area contributed by atoms with Crippen LogP contribution in [0.1, 0.15) is 11.1 Å².